The van der Waals surface area contributed by atoms with Gasteiger partial charge in [-0.3, -0.25) is 9.59 Å². The van der Waals surface area contributed by atoms with Gasteiger partial charge in [-0.15, -0.1) is 0 Å². The van der Waals surface area contributed by atoms with Crippen molar-refractivity contribution in [2.45, 2.75) is 13.1 Å². The van der Waals surface area contributed by atoms with E-state index < -0.39 is 0 Å². The molecule has 0 saturated carbocycles. The molecule has 44 heavy (non-hydrogen) atoms. The standard InChI is InChI=1S/C36H32N2O6/c1-41-30-12-5-8-22(33(30)43-3)19-37-35(39)21-14-15-24-25-10-7-11-26-28(17-16-27(32(25)26)29(24)18-21)36(40)38-20-23-9-6-13-31(42-2)34(23)44-4/h5-18H,19-20H2,1-4H3,(H,37,39)(H,38,40). The molecule has 8 nitrogen and oxygen atoms in total. The summed E-state index contributed by atoms with van der Waals surface area (Å²) in [6.45, 7) is 0.564. The van der Waals surface area contributed by atoms with Crippen molar-refractivity contribution in [1.82, 2.24) is 10.6 Å². The fourth-order valence-electron chi connectivity index (χ4n) is 5.93. The molecule has 2 amide bonds. The lowest BCUT2D eigenvalue weighted by Gasteiger charge is -2.14. The smallest absolute Gasteiger partial charge is 0.252 e. The first kappa shape index (κ1) is 28.6. The summed E-state index contributed by atoms with van der Waals surface area (Å²) >= 11 is 0. The Labute approximate surface area is 255 Å². The van der Waals surface area contributed by atoms with Gasteiger partial charge in [0.1, 0.15) is 0 Å². The minimum Gasteiger partial charge on any atom is -0.493 e. The summed E-state index contributed by atoms with van der Waals surface area (Å²) < 4.78 is 21.8. The van der Waals surface area contributed by atoms with Crippen LogP contribution >= 0.6 is 0 Å². The number of fused-ring (bicyclic) bond motifs is 3. The van der Waals surface area contributed by atoms with E-state index in [1.165, 1.54) is 0 Å². The van der Waals surface area contributed by atoms with Gasteiger partial charge in [-0.2, -0.15) is 0 Å². The molecular formula is C36H32N2O6. The monoisotopic (exact) mass is 588 g/mol. The zero-order valence-electron chi connectivity index (χ0n) is 24.9. The third kappa shape index (κ3) is 4.94. The molecule has 0 saturated heterocycles. The molecular weight excluding hydrogens is 556 g/mol. The van der Waals surface area contributed by atoms with Crippen LogP contribution in [0.5, 0.6) is 23.0 Å². The van der Waals surface area contributed by atoms with Gasteiger partial charge in [-0.1, -0.05) is 54.6 Å². The van der Waals surface area contributed by atoms with Gasteiger partial charge in [0.15, 0.2) is 23.0 Å². The van der Waals surface area contributed by atoms with Crippen molar-refractivity contribution in [2.75, 3.05) is 28.4 Å². The number of carbonyl (C=O) groups is 2. The number of para-hydroxylation sites is 2. The fraction of sp³-hybridized carbons (Fsp3) is 0.167. The number of methoxy groups -OCH3 is 4. The molecule has 5 aromatic rings. The van der Waals surface area contributed by atoms with Gasteiger partial charge in [0.05, 0.1) is 28.4 Å². The highest BCUT2D eigenvalue weighted by molar-refractivity contribution is 6.20. The van der Waals surface area contributed by atoms with Gasteiger partial charge in [0, 0.05) is 35.3 Å². The van der Waals surface area contributed by atoms with Gasteiger partial charge >= 0.3 is 0 Å². The highest BCUT2D eigenvalue weighted by Crippen LogP contribution is 2.48. The maximum absolute atomic E-state index is 13.5. The van der Waals surface area contributed by atoms with Gasteiger partial charge in [-0.05, 0) is 63.4 Å². The third-order valence-electron chi connectivity index (χ3n) is 8.00. The van der Waals surface area contributed by atoms with E-state index in [1.807, 2.05) is 78.9 Å². The Hall–Kier alpha value is -5.50. The molecule has 6 rings (SSSR count). The van der Waals surface area contributed by atoms with Crippen LogP contribution in [0.3, 0.4) is 0 Å². The molecule has 0 atom stereocenters. The molecule has 0 aliphatic heterocycles. The predicted molar refractivity (Wildman–Crippen MR) is 170 cm³/mol. The minimum absolute atomic E-state index is 0.192. The van der Waals surface area contributed by atoms with E-state index in [2.05, 4.69) is 16.7 Å². The predicted octanol–water partition coefficient (Wildman–Crippen LogP) is 6.38. The maximum atomic E-state index is 13.5. The van der Waals surface area contributed by atoms with Crippen molar-refractivity contribution < 1.29 is 28.5 Å². The van der Waals surface area contributed by atoms with Crippen LogP contribution in [0.25, 0.3) is 33.0 Å². The van der Waals surface area contributed by atoms with Crippen LogP contribution in [-0.4, -0.2) is 40.3 Å². The largest absolute Gasteiger partial charge is 0.493 e. The summed E-state index contributed by atoms with van der Waals surface area (Å²) in [6.07, 6.45) is 0. The van der Waals surface area contributed by atoms with E-state index >= 15 is 0 Å². The molecule has 1 aliphatic carbocycles. The Morgan fingerprint density at radius 3 is 1.75 bits per heavy atom. The van der Waals surface area contributed by atoms with Crippen molar-refractivity contribution >= 4 is 22.6 Å². The Bertz CT molecular complexity index is 1920. The molecule has 0 bridgehead atoms. The summed E-state index contributed by atoms with van der Waals surface area (Å²) in [5.41, 5.74) is 6.74. The van der Waals surface area contributed by atoms with Crippen LogP contribution in [-0.2, 0) is 13.1 Å². The molecule has 222 valence electrons. The lowest BCUT2D eigenvalue weighted by Crippen LogP contribution is -2.23. The van der Waals surface area contributed by atoms with E-state index in [1.54, 1.807) is 28.4 Å². The molecule has 8 heteroatoms. The zero-order valence-corrected chi connectivity index (χ0v) is 24.9. The number of benzene rings is 5. The van der Waals surface area contributed by atoms with Crippen molar-refractivity contribution in [1.29, 1.82) is 0 Å². The first-order valence-electron chi connectivity index (χ1n) is 14.2. The number of hydrogen-bond acceptors (Lipinski definition) is 6. The molecule has 0 aromatic heterocycles. The number of nitrogens with one attached hydrogen (secondary N) is 2. The minimum atomic E-state index is -0.200. The molecule has 2 N–H and O–H groups in total. The average molecular weight is 589 g/mol. The number of hydrogen-bond donors (Lipinski definition) is 2. The highest BCUT2D eigenvalue weighted by atomic mass is 16.5. The molecule has 0 heterocycles. The molecule has 0 unspecified atom stereocenters. The number of amides is 2. The van der Waals surface area contributed by atoms with E-state index in [-0.39, 0.29) is 24.9 Å². The van der Waals surface area contributed by atoms with Crippen LogP contribution in [0.1, 0.15) is 31.8 Å². The van der Waals surface area contributed by atoms with Crippen LogP contribution in [0.4, 0.5) is 0 Å². The second kappa shape index (κ2) is 12.0. The Morgan fingerprint density at radius 1 is 0.568 bits per heavy atom. The quantitative estimate of drug-likeness (QED) is 0.193. The highest BCUT2D eigenvalue weighted by Gasteiger charge is 2.25. The SMILES string of the molecule is COc1cccc(CNC(=O)c2ccc3c(c2)-c2ccc(C(=O)NCc4cccc(OC)c4OC)c4cccc-3c24)c1OC. The van der Waals surface area contributed by atoms with Crippen molar-refractivity contribution in [3.8, 4) is 45.3 Å². The Kier molecular flexibility index (Phi) is 7.81. The van der Waals surface area contributed by atoms with Gasteiger partial charge < -0.3 is 29.6 Å². The van der Waals surface area contributed by atoms with Gasteiger partial charge in [-0.25, -0.2) is 0 Å². The topological polar surface area (TPSA) is 95.1 Å². The molecule has 1 aliphatic rings. The van der Waals surface area contributed by atoms with Crippen molar-refractivity contribution in [3.05, 3.63) is 107 Å². The average Bonchev–Trinajstić information content (AvgIpc) is 3.39. The normalized spacial score (nSPS) is 11.1. The lowest BCUT2D eigenvalue weighted by molar-refractivity contribution is 0.0943. The fourth-order valence-corrected chi connectivity index (χ4v) is 5.93. The van der Waals surface area contributed by atoms with E-state index in [9.17, 15) is 9.59 Å². The molecule has 0 fully saturated rings. The number of carbonyl (C=O) groups excluding carboxylic acids is 2. The lowest BCUT2D eigenvalue weighted by atomic mass is 9.98. The first-order valence-corrected chi connectivity index (χ1v) is 14.2. The first-order chi connectivity index (χ1) is 21.5. The number of rotatable bonds is 10. The molecule has 5 aromatic carbocycles. The van der Waals surface area contributed by atoms with E-state index in [0.29, 0.717) is 34.1 Å². The van der Waals surface area contributed by atoms with E-state index in [0.717, 1.165) is 44.2 Å². The summed E-state index contributed by atoms with van der Waals surface area (Å²) in [4.78, 5) is 26.7. The summed E-state index contributed by atoms with van der Waals surface area (Å²) in [7, 11) is 6.32. The summed E-state index contributed by atoms with van der Waals surface area (Å²) in [5.74, 6) is 2.00. The van der Waals surface area contributed by atoms with Crippen LogP contribution in [0, 0.1) is 0 Å². The molecule has 0 radical (unpaired) electrons. The summed E-state index contributed by atoms with van der Waals surface area (Å²) in [5, 5.41) is 7.88. The zero-order chi connectivity index (χ0) is 30.8. The van der Waals surface area contributed by atoms with Crippen molar-refractivity contribution in [2.24, 2.45) is 0 Å². The summed E-state index contributed by atoms with van der Waals surface area (Å²) in [6, 6.07) is 26.6. The van der Waals surface area contributed by atoms with Gasteiger partial charge in [0.25, 0.3) is 11.8 Å². The van der Waals surface area contributed by atoms with Crippen LogP contribution in [0.15, 0.2) is 84.9 Å². The maximum Gasteiger partial charge on any atom is 0.252 e. The number of ether oxygens (including phenoxy) is 4. The van der Waals surface area contributed by atoms with Crippen molar-refractivity contribution in [3.63, 3.8) is 0 Å². The third-order valence-corrected chi connectivity index (χ3v) is 8.00. The second-order valence-corrected chi connectivity index (χ2v) is 10.3. The van der Waals surface area contributed by atoms with E-state index in [4.69, 9.17) is 18.9 Å². The van der Waals surface area contributed by atoms with Crippen LogP contribution in [0.2, 0.25) is 0 Å². The molecule has 0 spiro atoms. The Morgan fingerprint density at radius 2 is 1.14 bits per heavy atom. The van der Waals surface area contributed by atoms with Gasteiger partial charge in [0.2, 0.25) is 0 Å². The second-order valence-electron chi connectivity index (χ2n) is 10.3. The van der Waals surface area contributed by atoms with Crippen LogP contribution < -0.4 is 29.6 Å². The Balaban J connectivity index is 1.25.